The van der Waals surface area contributed by atoms with E-state index in [2.05, 4.69) is 18.8 Å². The maximum Gasteiger partial charge on any atom is 0.0799 e. The number of nitrogens with one attached hydrogen (secondary N) is 1. The van der Waals surface area contributed by atoms with Gasteiger partial charge in [0.05, 0.1) is 4.20 Å². The number of thioether (sulfide) groups is 1. The van der Waals surface area contributed by atoms with Crippen LogP contribution in [0.2, 0.25) is 0 Å². The summed E-state index contributed by atoms with van der Waals surface area (Å²) in [7, 11) is 0. The molecule has 0 fully saturated rings. The topological polar surface area (TPSA) is 15.8 Å². The van der Waals surface area contributed by atoms with E-state index in [-0.39, 0.29) is 0 Å². The van der Waals surface area contributed by atoms with Crippen LogP contribution >= 0.6 is 24.0 Å². The summed E-state index contributed by atoms with van der Waals surface area (Å²) in [5, 5.41) is 0. The minimum absolute atomic E-state index is 1.07. The van der Waals surface area contributed by atoms with E-state index in [1.807, 2.05) is 0 Å². The fourth-order valence-corrected chi connectivity index (χ4v) is 3.63. The van der Waals surface area contributed by atoms with Crippen LogP contribution in [0.1, 0.15) is 42.3 Å². The fraction of sp³-hybridized carbons (Fsp3) is 0.583. The largest absolute Gasteiger partial charge is 0.362 e. The van der Waals surface area contributed by atoms with Crippen molar-refractivity contribution < 1.29 is 0 Å². The lowest BCUT2D eigenvalue weighted by molar-refractivity contribution is 0.676. The number of aromatic nitrogens is 1. The lowest BCUT2D eigenvalue weighted by atomic mass is 9.95. The van der Waals surface area contributed by atoms with Crippen molar-refractivity contribution in [2.24, 2.45) is 0 Å². The Labute approximate surface area is 101 Å². The van der Waals surface area contributed by atoms with Crippen molar-refractivity contribution in [1.82, 2.24) is 4.98 Å². The molecular weight excluding hydrogens is 222 g/mol. The quantitative estimate of drug-likeness (QED) is 0.793. The molecule has 2 rings (SSSR count). The van der Waals surface area contributed by atoms with E-state index in [1.165, 1.54) is 48.2 Å². The van der Waals surface area contributed by atoms with E-state index in [0.29, 0.717) is 0 Å². The van der Waals surface area contributed by atoms with Crippen molar-refractivity contribution in [2.75, 3.05) is 5.75 Å². The SMILES string of the molecule is CCSC(=S)c1c(C)[nH]c2c1CCCC2. The monoisotopic (exact) mass is 239 g/mol. The van der Waals surface area contributed by atoms with E-state index in [1.54, 1.807) is 11.8 Å². The van der Waals surface area contributed by atoms with Gasteiger partial charge in [-0.05, 0) is 43.9 Å². The summed E-state index contributed by atoms with van der Waals surface area (Å²) in [5.41, 5.74) is 5.55. The Balaban J connectivity index is 2.37. The third-order valence-electron chi connectivity index (χ3n) is 2.96. The first kappa shape index (κ1) is 11.2. The van der Waals surface area contributed by atoms with Crippen molar-refractivity contribution in [3.8, 4) is 0 Å². The van der Waals surface area contributed by atoms with Gasteiger partial charge in [-0.1, -0.05) is 19.1 Å². The van der Waals surface area contributed by atoms with Gasteiger partial charge in [0.2, 0.25) is 0 Å². The Bertz CT molecular complexity index is 379. The highest BCUT2D eigenvalue weighted by Gasteiger charge is 2.20. The Morgan fingerprint density at radius 3 is 2.87 bits per heavy atom. The summed E-state index contributed by atoms with van der Waals surface area (Å²) >= 11 is 7.28. The number of fused-ring (bicyclic) bond motifs is 1. The Hall–Kier alpha value is -0.280. The maximum atomic E-state index is 5.49. The molecule has 0 saturated heterocycles. The van der Waals surface area contributed by atoms with Crippen molar-refractivity contribution >= 4 is 28.2 Å². The summed E-state index contributed by atoms with van der Waals surface area (Å²) in [6, 6.07) is 0. The second kappa shape index (κ2) is 4.71. The molecule has 1 aliphatic rings. The van der Waals surface area contributed by atoms with Gasteiger partial charge in [-0.15, -0.1) is 11.8 Å². The van der Waals surface area contributed by atoms with Gasteiger partial charge < -0.3 is 4.98 Å². The molecule has 0 aromatic carbocycles. The molecule has 0 amide bonds. The Morgan fingerprint density at radius 1 is 1.40 bits per heavy atom. The van der Waals surface area contributed by atoms with Gasteiger partial charge in [-0.2, -0.15) is 0 Å². The summed E-state index contributed by atoms with van der Waals surface area (Å²) in [6.07, 6.45) is 5.05. The molecule has 0 spiro atoms. The molecule has 1 aliphatic carbocycles. The molecule has 0 atom stereocenters. The molecule has 82 valence electrons. The van der Waals surface area contributed by atoms with Gasteiger partial charge >= 0.3 is 0 Å². The van der Waals surface area contributed by atoms with Gasteiger partial charge in [-0.25, -0.2) is 0 Å². The average Bonchev–Trinajstić information content (AvgIpc) is 2.54. The van der Waals surface area contributed by atoms with Gasteiger partial charge in [0.15, 0.2) is 0 Å². The first-order valence-electron chi connectivity index (χ1n) is 5.61. The third-order valence-corrected chi connectivity index (χ3v) is 4.28. The highest BCUT2D eigenvalue weighted by atomic mass is 32.2. The van der Waals surface area contributed by atoms with Crippen LogP contribution in [0.25, 0.3) is 0 Å². The van der Waals surface area contributed by atoms with Crippen LogP contribution in [0.15, 0.2) is 0 Å². The summed E-state index contributed by atoms with van der Waals surface area (Å²) in [5.74, 6) is 1.07. The van der Waals surface area contributed by atoms with Crippen molar-refractivity contribution in [1.29, 1.82) is 0 Å². The van der Waals surface area contributed by atoms with Gasteiger partial charge in [0.1, 0.15) is 0 Å². The zero-order valence-corrected chi connectivity index (χ0v) is 11.0. The standard InChI is InChI=1S/C12H17NS2/c1-3-15-12(14)11-8(2)13-10-7-5-4-6-9(10)11/h13H,3-7H2,1-2H3. The van der Waals surface area contributed by atoms with Crippen LogP contribution < -0.4 is 0 Å². The highest BCUT2D eigenvalue weighted by molar-refractivity contribution is 8.23. The molecule has 15 heavy (non-hydrogen) atoms. The summed E-state index contributed by atoms with van der Waals surface area (Å²) in [4.78, 5) is 3.50. The fourth-order valence-electron chi connectivity index (χ4n) is 2.31. The van der Waals surface area contributed by atoms with E-state index in [9.17, 15) is 0 Å². The molecule has 1 aromatic rings. The van der Waals surface area contributed by atoms with Crippen molar-refractivity contribution in [2.45, 2.75) is 39.5 Å². The van der Waals surface area contributed by atoms with Crippen LogP contribution in [0.3, 0.4) is 0 Å². The Kier molecular flexibility index (Phi) is 3.52. The number of rotatable bonds is 2. The van der Waals surface area contributed by atoms with Crippen LogP contribution in [-0.4, -0.2) is 14.9 Å². The van der Waals surface area contributed by atoms with Crippen molar-refractivity contribution in [3.05, 3.63) is 22.5 Å². The van der Waals surface area contributed by atoms with E-state index < -0.39 is 0 Å². The molecule has 1 heterocycles. The number of thiocarbonyl (C=S) groups is 1. The van der Waals surface area contributed by atoms with Gasteiger partial charge in [-0.3, -0.25) is 0 Å². The molecule has 1 aromatic heterocycles. The normalized spacial score (nSPS) is 15.1. The first-order valence-corrected chi connectivity index (χ1v) is 7.00. The number of aryl methyl sites for hydroxylation is 2. The molecule has 0 bridgehead atoms. The second-order valence-electron chi connectivity index (χ2n) is 4.01. The van der Waals surface area contributed by atoms with E-state index in [0.717, 1.165) is 9.95 Å². The molecule has 0 radical (unpaired) electrons. The summed E-state index contributed by atoms with van der Waals surface area (Å²) in [6.45, 7) is 4.31. The number of hydrogen-bond acceptors (Lipinski definition) is 2. The molecule has 1 nitrogen and oxygen atoms in total. The predicted molar refractivity (Wildman–Crippen MR) is 72.0 cm³/mol. The lowest BCUT2D eigenvalue weighted by Gasteiger charge is -2.12. The lowest BCUT2D eigenvalue weighted by Crippen LogP contribution is -2.04. The van der Waals surface area contributed by atoms with Crippen LogP contribution in [-0.2, 0) is 12.8 Å². The molecule has 0 aliphatic heterocycles. The third kappa shape index (κ3) is 2.13. The minimum atomic E-state index is 1.07. The highest BCUT2D eigenvalue weighted by Crippen LogP contribution is 2.29. The zero-order chi connectivity index (χ0) is 10.8. The van der Waals surface area contributed by atoms with Gasteiger partial charge in [0, 0.05) is 17.0 Å². The predicted octanol–water partition coefficient (Wildman–Crippen LogP) is 3.63. The molecule has 0 unspecified atom stereocenters. The number of aromatic amines is 1. The summed E-state index contributed by atoms with van der Waals surface area (Å²) < 4.78 is 1.08. The number of hydrogen-bond donors (Lipinski definition) is 1. The average molecular weight is 239 g/mol. The van der Waals surface area contributed by atoms with Crippen LogP contribution in [0, 0.1) is 6.92 Å². The van der Waals surface area contributed by atoms with E-state index >= 15 is 0 Å². The van der Waals surface area contributed by atoms with E-state index in [4.69, 9.17) is 12.2 Å². The molecular formula is C12H17NS2. The zero-order valence-electron chi connectivity index (χ0n) is 9.35. The van der Waals surface area contributed by atoms with Gasteiger partial charge in [0.25, 0.3) is 0 Å². The second-order valence-corrected chi connectivity index (χ2v) is 5.95. The smallest absolute Gasteiger partial charge is 0.0799 e. The molecule has 0 saturated carbocycles. The molecule has 1 N–H and O–H groups in total. The van der Waals surface area contributed by atoms with Crippen molar-refractivity contribution in [3.63, 3.8) is 0 Å². The number of H-pyrrole nitrogens is 1. The first-order chi connectivity index (χ1) is 7.24. The molecule has 3 heteroatoms. The minimum Gasteiger partial charge on any atom is -0.362 e. The van der Waals surface area contributed by atoms with Crippen LogP contribution in [0.4, 0.5) is 0 Å². The van der Waals surface area contributed by atoms with Crippen LogP contribution in [0.5, 0.6) is 0 Å². The maximum absolute atomic E-state index is 5.49. The Morgan fingerprint density at radius 2 is 2.13 bits per heavy atom.